The van der Waals surface area contributed by atoms with Crippen molar-refractivity contribution in [2.24, 2.45) is 5.41 Å². The molecule has 0 bridgehead atoms. The molecule has 1 aliphatic rings. The van der Waals surface area contributed by atoms with E-state index < -0.39 is 0 Å². The third kappa shape index (κ3) is 2.51. The lowest BCUT2D eigenvalue weighted by Crippen LogP contribution is -2.51. The van der Waals surface area contributed by atoms with Crippen molar-refractivity contribution in [2.75, 3.05) is 26.8 Å². The minimum absolute atomic E-state index is 0.0475. The van der Waals surface area contributed by atoms with Gasteiger partial charge in [-0.05, 0) is 7.05 Å². The molecule has 0 N–H and O–H groups in total. The molecule has 1 aliphatic heterocycles. The van der Waals surface area contributed by atoms with Crippen LogP contribution in [-0.2, 0) is 9.53 Å². The Balaban J connectivity index is 2.64. The van der Waals surface area contributed by atoms with Crippen molar-refractivity contribution in [3.05, 3.63) is 0 Å². The van der Waals surface area contributed by atoms with Gasteiger partial charge in [-0.1, -0.05) is 20.8 Å². The number of carbonyl (C=O) groups excluding carboxylic acids is 1. The van der Waals surface area contributed by atoms with Crippen LogP contribution in [0.5, 0.6) is 0 Å². The van der Waals surface area contributed by atoms with E-state index >= 15 is 0 Å². The van der Waals surface area contributed by atoms with Gasteiger partial charge in [-0.25, -0.2) is 0 Å². The minimum Gasteiger partial charge on any atom is -0.378 e. The number of hydrogen-bond acceptors (Lipinski definition) is 3. The van der Waals surface area contributed by atoms with Gasteiger partial charge in [0, 0.05) is 12.0 Å². The maximum atomic E-state index is 11.9. The maximum Gasteiger partial charge on any atom is 0.157 e. The van der Waals surface area contributed by atoms with Crippen LogP contribution in [0.2, 0.25) is 0 Å². The minimum atomic E-state index is -0.264. The van der Waals surface area contributed by atoms with Gasteiger partial charge >= 0.3 is 0 Å². The van der Waals surface area contributed by atoms with Crippen molar-refractivity contribution in [1.29, 1.82) is 0 Å². The molecule has 1 saturated heterocycles. The summed E-state index contributed by atoms with van der Waals surface area (Å²) < 4.78 is 5.31. The Morgan fingerprint density at radius 2 is 2.08 bits per heavy atom. The molecule has 1 heterocycles. The number of hydrogen-bond donors (Lipinski definition) is 0. The van der Waals surface area contributed by atoms with Crippen LogP contribution in [0.25, 0.3) is 0 Å². The standard InChI is InChI=1S/C10H19NO2/c1-10(2,3)9(12)8-7-13-6-5-11(8)4/h8H,5-7H2,1-4H3. The first kappa shape index (κ1) is 10.7. The molecule has 1 fully saturated rings. The zero-order valence-corrected chi connectivity index (χ0v) is 8.96. The molecule has 0 spiro atoms. The Labute approximate surface area is 80.1 Å². The summed E-state index contributed by atoms with van der Waals surface area (Å²) in [6.07, 6.45) is 0. The zero-order valence-electron chi connectivity index (χ0n) is 8.96. The molecule has 1 atom stereocenters. The Bertz CT molecular complexity index is 196. The van der Waals surface area contributed by atoms with Crippen LogP contribution in [0.1, 0.15) is 20.8 Å². The molecule has 0 saturated carbocycles. The molecule has 0 aromatic rings. The second kappa shape index (κ2) is 3.76. The largest absolute Gasteiger partial charge is 0.378 e. The fourth-order valence-corrected chi connectivity index (χ4v) is 1.46. The van der Waals surface area contributed by atoms with E-state index in [1.165, 1.54) is 0 Å². The lowest BCUT2D eigenvalue weighted by Gasteiger charge is -2.34. The van der Waals surface area contributed by atoms with Crippen LogP contribution in [0.4, 0.5) is 0 Å². The van der Waals surface area contributed by atoms with Crippen molar-refractivity contribution < 1.29 is 9.53 Å². The quantitative estimate of drug-likeness (QED) is 0.608. The molecule has 1 unspecified atom stereocenters. The van der Waals surface area contributed by atoms with E-state index in [9.17, 15) is 4.79 Å². The van der Waals surface area contributed by atoms with Gasteiger partial charge in [0.15, 0.2) is 5.78 Å². The summed E-state index contributed by atoms with van der Waals surface area (Å²) in [6.45, 7) is 8.01. The summed E-state index contributed by atoms with van der Waals surface area (Å²) in [5.41, 5.74) is -0.264. The molecule has 3 heteroatoms. The van der Waals surface area contributed by atoms with Gasteiger partial charge in [0.2, 0.25) is 0 Å². The van der Waals surface area contributed by atoms with Gasteiger partial charge in [0.05, 0.1) is 19.3 Å². The highest BCUT2D eigenvalue weighted by molar-refractivity contribution is 5.88. The number of rotatable bonds is 1. The number of Topliss-reactive ketones (excluding diaryl/α,β-unsaturated/α-hetero) is 1. The first-order valence-electron chi connectivity index (χ1n) is 4.75. The predicted molar refractivity (Wildman–Crippen MR) is 51.7 cm³/mol. The van der Waals surface area contributed by atoms with E-state index in [1.807, 2.05) is 27.8 Å². The van der Waals surface area contributed by atoms with Crippen LogP contribution in [0.3, 0.4) is 0 Å². The smallest absolute Gasteiger partial charge is 0.157 e. The molecule has 0 radical (unpaired) electrons. The highest BCUT2D eigenvalue weighted by atomic mass is 16.5. The Morgan fingerprint density at radius 3 is 2.54 bits per heavy atom. The molecule has 3 nitrogen and oxygen atoms in total. The molecular formula is C10H19NO2. The Hall–Kier alpha value is -0.410. The van der Waals surface area contributed by atoms with Crippen molar-refractivity contribution in [3.8, 4) is 0 Å². The summed E-state index contributed by atoms with van der Waals surface area (Å²) in [5, 5.41) is 0. The van der Waals surface area contributed by atoms with Gasteiger partial charge in [0.1, 0.15) is 0 Å². The van der Waals surface area contributed by atoms with Crippen LogP contribution in [-0.4, -0.2) is 43.5 Å². The van der Waals surface area contributed by atoms with Gasteiger partial charge in [-0.15, -0.1) is 0 Å². The topological polar surface area (TPSA) is 29.5 Å². The number of carbonyl (C=O) groups is 1. The Kier molecular flexibility index (Phi) is 3.09. The summed E-state index contributed by atoms with van der Waals surface area (Å²) in [7, 11) is 1.98. The van der Waals surface area contributed by atoms with Crippen LogP contribution < -0.4 is 0 Å². The number of likely N-dealkylation sites (N-methyl/N-ethyl adjacent to an activating group) is 1. The van der Waals surface area contributed by atoms with Gasteiger partial charge in [-0.2, -0.15) is 0 Å². The summed E-state index contributed by atoms with van der Waals surface area (Å²) in [6, 6.07) is -0.0475. The van der Waals surface area contributed by atoms with E-state index in [0.29, 0.717) is 6.61 Å². The highest BCUT2D eigenvalue weighted by Gasteiger charge is 2.33. The molecule has 0 aliphatic carbocycles. The summed E-state index contributed by atoms with van der Waals surface area (Å²) >= 11 is 0. The Morgan fingerprint density at radius 1 is 1.46 bits per heavy atom. The average Bonchev–Trinajstić information content (AvgIpc) is 2.02. The molecule has 76 valence electrons. The third-order valence-corrected chi connectivity index (χ3v) is 2.44. The van der Waals surface area contributed by atoms with Crippen molar-refractivity contribution >= 4 is 5.78 Å². The predicted octanol–water partition coefficient (Wildman–Crippen LogP) is 0.932. The molecule has 0 aromatic heterocycles. The van der Waals surface area contributed by atoms with E-state index in [-0.39, 0.29) is 17.2 Å². The van der Waals surface area contributed by atoms with Crippen molar-refractivity contribution in [2.45, 2.75) is 26.8 Å². The number of ketones is 1. The fourth-order valence-electron chi connectivity index (χ4n) is 1.46. The van der Waals surface area contributed by atoms with E-state index in [0.717, 1.165) is 13.2 Å². The fraction of sp³-hybridized carbons (Fsp3) is 0.900. The van der Waals surface area contributed by atoms with Crippen LogP contribution in [0, 0.1) is 5.41 Å². The third-order valence-electron chi connectivity index (χ3n) is 2.44. The lowest BCUT2D eigenvalue weighted by atomic mass is 9.86. The van der Waals surface area contributed by atoms with Gasteiger partial charge in [-0.3, -0.25) is 9.69 Å². The van der Waals surface area contributed by atoms with Crippen LogP contribution >= 0.6 is 0 Å². The second-order valence-corrected chi connectivity index (χ2v) is 4.69. The molecule has 13 heavy (non-hydrogen) atoms. The normalized spacial score (nSPS) is 26.0. The molecule has 0 amide bonds. The molecule has 1 rings (SSSR count). The number of morpholine rings is 1. The SMILES string of the molecule is CN1CCOCC1C(=O)C(C)(C)C. The number of nitrogens with zero attached hydrogens (tertiary/aromatic N) is 1. The summed E-state index contributed by atoms with van der Waals surface area (Å²) in [5.74, 6) is 0.273. The lowest BCUT2D eigenvalue weighted by molar-refractivity contribution is -0.136. The average molecular weight is 185 g/mol. The van der Waals surface area contributed by atoms with Gasteiger partial charge < -0.3 is 4.74 Å². The van der Waals surface area contributed by atoms with E-state index in [4.69, 9.17) is 4.74 Å². The maximum absolute atomic E-state index is 11.9. The van der Waals surface area contributed by atoms with Crippen LogP contribution in [0.15, 0.2) is 0 Å². The first-order valence-corrected chi connectivity index (χ1v) is 4.75. The second-order valence-electron chi connectivity index (χ2n) is 4.69. The van der Waals surface area contributed by atoms with Crippen molar-refractivity contribution in [3.63, 3.8) is 0 Å². The summed E-state index contributed by atoms with van der Waals surface area (Å²) in [4.78, 5) is 14.0. The molecule has 0 aromatic carbocycles. The van der Waals surface area contributed by atoms with E-state index in [1.54, 1.807) is 0 Å². The van der Waals surface area contributed by atoms with Crippen molar-refractivity contribution in [1.82, 2.24) is 4.90 Å². The number of ether oxygens (including phenoxy) is 1. The van der Waals surface area contributed by atoms with E-state index in [2.05, 4.69) is 4.90 Å². The first-order chi connectivity index (χ1) is 5.93. The molecular weight excluding hydrogens is 166 g/mol. The van der Waals surface area contributed by atoms with Gasteiger partial charge in [0.25, 0.3) is 0 Å². The zero-order chi connectivity index (χ0) is 10.1. The highest BCUT2D eigenvalue weighted by Crippen LogP contribution is 2.20. The monoisotopic (exact) mass is 185 g/mol.